The van der Waals surface area contributed by atoms with Gasteiger partial charge in [0.1, 0.15) is 0 Å². The van der Waals surface area contributed by atoms with E-state index in [1.54, 1.807) is 11.8 Å². The largest absolute Gasteiger partial charge is 0.288 e. The van der Waals surface area contributed by atoms with Crippen molar-refractivity contribution in [3.05, 3.63) is 40.3 Å². The zero-order valence-corrected chi connectivity index (χ0v) is 9.27. The molecule has 0 spiro atoms. The van der Waals surface area contributed by atoms with Crippen LogP contribution in [0, 0.1) is 0 Å². The first-order valence-corrected chi connectivity index (χ1v) is 6.21. The van der Waals surface area contributed by atoms with Gasteiger partial charge in [-0.15, -0.1) is 0 Å². The predicted octanol–water partition coefficient (Wildman–Crippen LogP) is 3.80. The number of ketones is 1. The van der Waals surface area contributed by atoms with Crippen molar-refractivity contribution in [1.82, 2.24) is 0 Å². The van der Waals surface area contributed by atoms with Crippen molar-refractivity contribution in [3.63, 3.8) is 0 Å². The van der Waals surface area contributed by atoms with Crippen molar-refractivity contribution >= 4 is 17.5 Å². The molecule has 76 valence electrons. The Morgan fingerprint density at radius 3 is 2.53 bits per heavy atom. The Balaban J connectivity index is 2.06. The van der Waals surface area contributed by atoms with Crippen LogP contribution in [0.2, 0.25) is 0 Å². The summed E-state index contributed by atoms with van der Waals surface area (Å²) in [6, 6.07) is 7.93. The average Bonchev–Trinajstić information content (AvgIpc) is 2.87. The molecule has 0 bridgehead atoms. The van der Waals surface area contributed by atoms with E-state index < -0.39 is 0 Å². The van der Waals surface area contributed by atoms with Gasteiger partial charge in [0.25, 0.3) is 0 Å². The van der Waals surface area contributed by atoms with Gasteiger partial charge in [-0.3, -0.25) is 4.79 Å². The van der Waals surface area contributed by atoms with Crippen molar-refractivity contribution in [2.24, 2.45) is 0 Å². The Kier molecular flexibility index (Phi) is 2.17. The number of thioether (sulfide) groups is 1. The number of carbonyl (C=O) groups is 1. The molecular weight excluding hydrogens is 204 g/mol. The van der Waals surface area contributed by atoms with Gasteiger partial charge in [-0.05, 0) is 37.8 Å². The molecule has 0 amide bonds. The number of fused-ring (bicyclic) bond motifs is 1. The third kappa shape index (κ3) is 1.44. The van der Waals surface area contributed by atoms with Gasteiger partial charge in [0.05, 0.1) is 4.91 Å². The molecule has 1 saturated carbocycles. The second-order valence-corrected chi connectivity index (χ2v) is 5.12. The molecule has 1 fully saturated rings. The van der Waals surface area contributed by atoms with Gasteiger partial charge in [-0.2, -0.15) is 0 Å². The van der Waals surface area contributed by atoms with Crippen LogP contribution in [-0.4, -0.2) is 5.78 Å². The van der Waals surface area contributed by atoms with Crippen molar-refractivity contribution < 1.29 is 4.79 Å². The minimum Gasteiger partial charge on any atom is -0.288 e. The summed E-state index contributed by atoms with van der Waals surface area (Å²) in [6.45, 7) is 0. The Bertz CT molecular complexity index is 451. The molecule has 0 aromatic heterocycles. The third-order valence-corrected chi connectivity index (χ3v) is 4.33. The molecule has 1 aromatic carbocycles. The fraction of sp³-hybridized carbons (Fsp3) is 0.308. The van der Waals surface area contributed by atoms with E-state index in [0.717, 1.165) is 28.2 Å². The van der Waals surface area contributed by atoms with E-state index >= 15 is 0 Å². The van der Waals surface area contributed by atoms with Crippen LogP contribution in [-0.2, 0) is 0 Å². The molecule has 2 heteroatoms. The summed E-state index contributed by atoms with van der Waals surface area (Å²) in [5, 5.41) is 0. The molecule has 1 aliphatic heterocycles. The van der Waals surface area contributed by atoms with Gasteiger partial charge in [-0.1, -0.05) is 29.5 Å². The van der Waals surface area contributed by atoms with E-state index in [-0.39, 0.29) is 5.78 Å². The van der Waals surface area contributed by atoms with Crippen LogP contribution in [0.1, 0.15) is 36.0 Å². The van der Waals surface area contributed by atoms with Crippen molar-refractivity contribution in [2.45, 2.75) is 30.6 Å². The zero-order chi connectivity index (χ0) is 10.3. The summed E-state index contributed by atoms with van der Waals surface area (Å²) < 4.78 is 0. The SMILES string of the molecule is O=C1C(=C2CCCC2)Sc2ccccc21. The molecule has 1 aliphatic carbocycles. The maximum absolute atomic E-state index is 12.1. The summed E-state index contributed by atoms with van der Waals surface area (Å²) in [6.07, 6.45) is 4.76. The highest BCUT2D eigenvalue weighted by molar-refractivity contribution is 8.04. The summed E-state index contributed by atoms with van der Waals surface area (Å²) in [4.78, 5) is 14.3. The van der Waals surface area contributed by atoms with E-state index in [9.17, 15) is 4.79 Å². The first-order chi connectivity index (χ1) is 7.36. The van der Waals surface area contributed by atoms with E-state index in [4.69, 9.17) is 0 Å². The maximum atomic E-state index is 12.1. The zero-order valence-electron chi connectivity index (χ0n) is 8.45. The standard InChI is InChI=1S/C13H12OS/c14-12-10-7-3-4-8-11(10)15-13(12)9-5-1-2-6-9/h3-4,7-8H,1-2,5-6H2. The predicted molar refractivity (Wildman–Crippen MR) is 62.1 cm³/mol. The second-order valence-electron chi connectivity index (χ2n) is 4.07. The highest BCUT2D eigenvalue weighted by Crippen LogP contribution is 2.44. The van der Waals surface area contributed by atoms with Crippen LogP contribution in [0.4, 0.5) is 0 Å². The highest BCUT2D eigenvalue weighted by Gasteiger charge is 2.28. The summed E-state index contributed by atoms with van der Waals surface area (Å²) in [7, 11) is 0. The number of Topliss-reactive ketones (excluding diaryl/α,β-unsaturated/α-hetero) is 1. The monoisotopic (exact) mass is 216 g/mol. The van der Waals surface area contributed by atoms with Crippen LogP contribution in [0.15, 0.2) is 39.6 Å². The minimum absolute atomic E-state index is 0.257. The van der Waals surface area contributed by atoms with E-state index in [0.29, 0.717) is 0 Å². The number of rotatable bonds is 0. The van der Waals surface area contributed by atoms with Crippen LogP contribution < -0.4 is 0 Å². The smallest absolute Gasteiger partial charge is 0.200 e. The van der Waals surface area contributed by atoms with Crippen molar-refractivity contribution in [3.8, 4) is 0 Å². The Hall–Kier alpha value is -1.02. The summed E-state index contributed by atoms with van der Waals surface area (Å²) in [5.41, 5.74) is 2.29. The summed E-state index contributed by atoms with van der Waals surface area (Å²) >= 11 is 1.67. The number of benzene rings is 1. The van der Waals surface area contributed by atoms with Crippen LogP contribution in [0.3, 0.4) is 0 Å². The Labute approximate surface area is 93.6 Å². The normalized spacial score (nSPS) is 19.9. The van der Waals surface area contributed by atoms with Crippen molar-refractivity contribution in [1.29, 1.82) is 0 Å². The van der Waals surface area contributed by atoms with Crippen LogP contribution >= 0.6 is 11.8 Å². The maximum Gasteiger partial charge on any atom is 0.200 e. The van der Waals surface area contributed by atoms with Crippen molar-refractivity contribution in [2.75, 3.05) is 0 Å². The molecule has 0 saturated heterocycles. The van der Waals surface area contributed by atoms with Gasteiger partial charge >= 0.3 is 0 Å². The topological polar surface area (TPSA) is 17.1 Å². The Morgan fingerprint density at radius 2 is 1.80 bits per heavy atom. The lowest BCUT2D eigenvalue weighted by molar-refractivity contribution is 0.104. The second kappa shape index (κ2) is 3.53. The molecule has 1 heterocycles. The van der Waals surface area contributed by atoms with Crippen LogP contribution in [0.25, 0.3) is 0 Å². The lowest BCUT2D eigenvalue weighted by Gasteiger charge is -1.99. The molecule has 2 aliphatic rings. The molecule has 1 aromatic rings. The van der Waals surface area contributed by atoms with Gasteiger partial charge in [0, 0.05) is 10.5 Å². The van der Waals surface area contributed by atoms with Gasteiger partial charge < -0.3 is 0 Å². The minimum atomic E-state index is 0.257. The molecule has 15 heavy (non-hydrogen) atoms. The molecule has 0 atom stereocenters. The van der Waals surface area contributed by atoms with E-state index in [1.807, 2.05) is 24.3 Å². The quantitative estimate of drug-likeness (QED) is 0.613. The molecular formula is C13H12OS. The number of allylic oxidation sites excluding steroid dienone is 2. The van der Waals surface area contributed by atoms with E-state index in [2.05, 4.69) is 0 Å². The molecule has 1 nitrogen and oxygen atoms in total. The number of hydrogen-bond donors (Lipinski definition) is 0. The first kappa shape index (κ1) is 9.22. The number of carbonyl (C=O) groups excluding carboxylic acids is 1. The Morgan fingerprint density at radius 1 is 1.07 bits per heavy atom. The average molecular weight is 216 g/mol. The fourth-order valence-electron chi connectivity index (χ4n) is 2.28. The lowest BCUT2D eigenvalue weighted by Crippen LogP contribution is -1.96. The molecule has 0 radical (unpaired) electrons. The highest BCUT2D eigenvalue weighted by atomic mass is 32.2. The van der Waals surface area contributed by atoms with E-state index in [1.165, 1.54) is 18.4 Å². The van der Waals surface area contributed by atoms with Gasteiger partial charge in [0.2, 0.25) is 5.78 Å². The number of hydrogen-bond acceptors (Lipinski definition) is 2. The van der Waals surface area contributed by atoms with Gasteiger partial charge in [-0.25, -0.2) is 0 Å². The third-order valence-electron chi connectivity index (χ3n) is 3.08. The van der Waals surface area contributed by atoms with Gasteiger partial charge in [0.15, 0.2) is 0 Å². The first-order valence-electron chi connectivity index (χ1n) is 5.40. The molecule has 0 unspecified atom stereocenters. The summed E-state index contributed by atoms with van der Waals surface area (Å²) in [5.74, 6) is 0.257. The lowest BCUT2D eigenvalue weighted by atomic mass is 10.1. The fourth-order valence-corrected chi connectivity index (χ4v) is 3.47. The van der Waals surface area contributed by atoms with Crippen LogP contribution in [0.5, 0.6) is 0 Å². The molecule has 0 N–H and O–H groups in total. The molecule has 3 rings (SSSR count).